The molecule has 0 aliphatic rings. The van der Waals surface area contributed by atoms with Crippen LogP contribution in [-0.2, 0) is 26.3 Å². The van der Waals surface area contributed by atoms with Crippen molar-refractivity contribution in [1.82, 2.24) is 9.44 Å². The Bertz CT molecular complexity index is 680. The minimum Gasteiger partial charge on any atom is -0.465 e. The van der Waals surface area contributed by atoms with Gasteiger partial charge in [-0.25, -0.2) is 0 Å². The molecule has 28 heavy (non-hydrogen) atoms. The summed E-state index contributed by atoms with van der Waals surface area (Å²) in [4.78, 5) is 12.2. The van der Waals surface area contributed by atoms with Crippen molar-refractivity contribution in [3.05, 3.63) is 35.9 Å². The largest absolute Gasteiger partial charge is 0.465 e. The Morgan fingerprint density at radius 2 is 1.86 bits per heavy atom. The highest BCUT2D eigenvalue weighted by Gasteiger charge is 2.36. The molecule has 0 aliphatic heterocycles. The van der Waals surface area contributed by atoms with Gasteiger partial charge in [0.2, 0.25) is 0 Å². The van der Waals surface area contributed by atoms with Crippen molar-refractivity contribution in [3.8, 4) is 0 Å². The Kier molecular flexibility index (Phi) is 12.5. The van der Waals surface area contributed by atoms with Crippen LogP contribution >= 0.6 is 12.4 Å². The zero-order valence-corrected chi connectivity index (χ0v) is 17.5. The van der Waals surface area contributed by atoms with Gasteiger partial charge in [-0.05, 0) is 25.2 Å². The molecular weight excluding hydrogens is 409 g/mol. The number of hydrogen-bond acceptors (Lipinski definition) is 7. The molecule has 0 saturated carbocycles. The fourth-order valence-corrected chi connectivity index (χ4v) is 3.26. The maximum Gasteiger partial charge on any atom is 0.451 e. The molecule has 12 heteroatoms. The summed E-state index contributed by atoms with van der Waals surface area (Å²) in [5, 5.41) is 17.7. The number of benzene rings is 1. The first-order valence-corrected chi connectivity index (χ1v) is 10.3. The van der Waals surface area contributed by atoms with Gasteiger partial charge in [-0.3, -0.25) is 4.79 Å². The van der Waals surface area contributed by atoms with Gasteiger partial charge in [-0.1, -0.05) is 43.2 Å². The molecule has 0 aliphatic carbocycles. The third kappa shape index (κ3) is 10.4. The number of rotatable bonds is 13. The van der Waals surface area contributed by atoms with Crippen LogP contribution in [0.4, 0.5) is 0 Å². The molecule has 160 valence electrons. The summed E-state index contributed by atoms with van der Waals surface area (Å²) >= 11 is 0. The van der Waals surface area contributed by atoms with Crippen molar-refractivity contribution in [1.29, 1.82) is 0 Å². The topological polar surface area (TPSA) is 151 Å². The second kappa shape index (κ2) is 13.1. The van der Waals surface area contributed by atoms with Crippen molar-refractivity contribution in [2.45, 2.75) is 44.6 Å². The molecule has 0 bridgehead atoms. The molecule has 0 heterocycles. The molecule has 9 nitrogen and oxygen atoms in total. The second-order valence-electron chi connectivity index (χ2n) is 6.23. The van der Waals surface area contributed by atoms with E-state index in [4.69, 9.17) is 20.5 Å². The second-order valence-corrected chi connectivity index (χ2v) is 7.82. The number of nitrogens with two attached hydrogens (primary N) is 1. The minimum absolute atomic E-state index is 0. The molecule has 0 radical (unpaired) electrons. The number of carbonyl (C=O) groups excluding carboxylic acids is 1. The van der Waals surface area contributed by atoms with Crippen molar-refractivity contribution >= 4 is 35.7 Å². The van der Waals surface area contributed by atoms with E-state index < -0.39 is 28.8 Å². The summed E-state index contributed by atoms with van der Waals surface area (Å²) in [6.07, 6.45) is 1.12. The molecule has 1 aromatic carbocycles. The number of nitrogens with one attached hydrogen (secondary N) is 2. The predicted octanol–water partition coefficient (Wildman–Crippen LogP) is -0.0639. The lowest BCUT2D eigenvalue weighted by Gasteiger charge is -2.27. The third-order valence-electron chi connectivity index (χ3n) is 3.90. The predicted molar refractivity (Wildman–Crippen MR) is 110 cm³/mol. The van der Waals surface area contributed by atoms with Gasteiger partial charge in [0.05, 0.1) is 6.61 Å². The molecule has 0 fully saturated rings. The number of carbonyl (C=O) groups is 1. The van der Waals surface area contributed by atoms with Crippen LogP contribution in [0.15, 0.2) is 30.3 Å². The molecule has 0 saturated heterocycles. The molecule has 1 rings (SSSR count). The van der Waals surface area contributed by atoms with Crippen molar-refractivity contribution in [2.24, 2.45) is 5.73 Å². The number of hydrogen-bond donors (Lipinski definition) is 5. The van der Waals surface area contributed by atoms with Gasteiger partial charge in [0.25, 0.3) is 10.2 Å². The molecule has 0 aromatic heterocycles. The van der Waals surface area contributed by atoms with E-state index in [0.29, 0.717) is 12.8 Å². The quantitative estimate of drug-likeness (QED) is 0.165. The number of ether oxygens (including phenoxy) is 1. The standard InChI is InChI=1S/C16H28BN3O6S.ClH/c1-2-26-15(21)16(18,10-6-7-11-17(22)23)13-20-27(24,25)19-12-14-8-4-3-5-9-14;/h3-5,8-9,19-20,22-23H,2,6-7,10-13,18H2,1H3;1H. The Morgan fingerprint density at radius 1 is 1.21 bits per heavy atom. The zero-order valence-electron chi connectivity index (χ0n) is 15.8. The average Bonchev–Trinajstić information content (AvgIpc) is 2.63. The lowest BCUT2D eigenvalue weighted by molar-refractivity contribution is -0.149. The van der Waals surface area contributed by atoms with E-state index in [1.165, 1.54) is 0 Å². The van der Waals surface area contributed by atoms with Gasteiger partial charge < -0.3 is 20.5 Å². The Morgan fingerprint density at radius 3 is 2.43 bits per heavy atom. The maximum absolute atomic E-state index is 12.2. The van der Waals surface area contributed by atoms with Crippen LogP contribution in [0.3, 0.4) is 0 Å². The van der Waals surface area contributed by atoms with Crippen LogP contribution in [0.2, 0.25) is 6.32 Å². The fraction of sp³-hybridized carbons (Fsp3) is 0.562. The van der Waals surface area contributed by atoms with Crippen LogP contribution in [0.5, 0.6) is 0 Å². The van der Waals surface area contributed by atoms with Gasteiger partial charge in [-0.15, -0.1) is 12.4 Å². The van der Waals surface area contributed by atoms with Gasteiger partial charge >= 0.3 is 13.1 Å². The van der Waals surface area contributed by atoms with Crippen LogP contribution in [-0.4, -0.2) is 50.2 Å². The molecule has 6 N–H and O–H groups in total. The van der Waals surface area contributed by atoms with Gasteiger partial charge in [0.15, 0.2) is 0 Å². The van der Waals surface area contributed by atoms with E-state index in [9.17, 15) is 13.2 Å². The lowest BCUT2D eigenvalue weighted by atomic mass is 9.82. The third-order valence-corrected chi connectivity index (χ3v) is 4.95. The summed E-state index contributed by atoms with van der Waals surface area (Å²) in [6, 6.07) is 8.99. The van der Waals surface area contributed by atoms with Crippen LogP contribution in [0.1, 0.15) is 31.7 Å². The van der Waals surface area contributed by atoms with E-state index in [2.05, 4.69) is 9.44 Å². The Balaban J connectivity index is 0.00000729. The van der Waals surface area contributed by atoms with Crippen molar-refractivity contribution in [2.75, 3.05) is 13.2 Å². The maximum atomic E-state index is 12.2. The summed E-state index contributed by atoms with van der Waals surface area (Å²) in [6.45, 7) is 1.51. The first-order chi connectivity index (χ1) is 12.7. The molecule has 1 unspecified atom stereocenters. The minimum atomic E-state index is -3.87. The zero-order chi connectivity index (χ0) is 20.3. The Hall–Kier alpha value is -1.21. The van der Waals surface area contributed by atoms with Crippen LogP contribution in [0, 0.1) is 0 Å². The van der Waals surface area contributed by atoms with E-state index >= 15 is 0 Å². The molecule has 0 spiro atoms. The first-order valence-electron chi connectivity index (χ1n) is 8.79. The molecule has 0 amide bonds. The molecule has 1 aromatic rings. The van der Waals surface area contributed by atoms with Gasteiger partial charge in [-0.2, -0.15) is 17.9 Å². The normalized spacial score (nSPS) is 13.3. The fourth-order valence-electron chi connectivity index (χ4n) is 2.35. The van der Waals surface area contributed by atoms with Crippen molar-refractivity contribution < 1.29 is 28.0 Å². The average molecular weight is 438 g/mol. The highest BCUT2D eigenvalue weighted by atomic mass is 35.5. The van der Waals surface area contributed by atoms with E-state index in [1.807, 2.05) is 6.07 Å². The summed E-state index contributed by atoms with van der Waals surface area (Å²) in [7, 11) is -5.30. The van der Waals surface area contributed by atoms with Crippen molar-refractivity contribution in [3.63, 3.8) is 0 Å². The van der Waals surface area contributed by atoms with E-state index in [0.717, 1.165) is 5.56 Å². The molecule has 1 atom stereocenters. The monoisotopic (exact) mass is 437 g/mol. The molecular formula is C16H29BClN3O6S. The highest BCUT2D eigenvalue weighted by molar-refractivity contribution is 7.87. The van der Waals surface area contributed by atoms with Gasteiger partial charge in [0, 0.05) is 13.1 Å². The number of halogens is 1. The SMILES string of the molecule is CCOC(=O)C(N)(CCCCB(O)O)CNS(=O)(=O)NCc1ccccc1.Cl. The smallest absolute Gasteiger partial charge is 0.451 e. The number of unbranched alkanes of at least 4 members (excludes halogenated alkanes) is 1. The lowest BCUT2D eigenvalue weighted by Crippen LogP contribution is -2.58. The first kappa shape index (κ1) is 26.8. The van der Waals surface area contributed by atoms with Crippen LogP contribution in [0.25, 0.3) is 0 Å². The Labute approximate surface area is 172 Å². The summed E-state index contributed by atoms with van der Waals surface area (Å²) in [5.74, 6) is -0.708. The summed E-state index contributed by atoms with van der Waals surface area (Å²) in [5.41, 5.74) is 5.35. The highest BCUT2D eigenvalue weighted by Crippen LogP contribution is 2.15. The summed E-state index contributed by atoms with van der Waals surface area (Å²) < 4.78 is 34.0. The van der Waals surface area contributed by atoms with Crippen LogP contribution < -0.4 is 15.2 Å². The van der Waals surface area contributed by atoms with E-state index in [-0.39, 0.29) is 44.8 Å². The number of esters is 1. The van der Waals surface area contributed by atoms with Gasteiger partial charge in [0.1, 0.15) is 5.54 Å². The van der Waals surface area contributed by atoms with E-state index in [1.54, 1.807) is 31.2 Å².